The van der Waals surface area contributed by atoms with Crippen LogP contribution >= 0.6 is 0 Å². The van der Waals surface area contributed by atoms with Gasteiger partial charge in [0.15, 0.2) is 11.5 Å². The van der Waals surface area contributed by atoms with E-state index in [1.54, 1.807) is 18.2 Å². The molecule has 0 bridgehead atoms. The minimum absolute atomic E-state index is 0.0234. The van der Waals surface area contributed by atoms with Crippen LogP contribution in [0.2, 0.25) is 0 Å². The third kappa shape index (κ3) is 4.21. The number of H-pyrrole nitrogens is 1. The average molecular weight is 366 g/mol. The minimum atomic E-state index is -0.652. The summed E-state index contributed by atoms with van der Waals surface area (Å²) in [4.78, 5) is 14.5. The first-order valence-corrected chi connectivity index (χ1v) is 8.75. The van der Waals surface area contributed by atoms with Crippen LogP contribution in [0, 0.1) is 22.7 Å². The van der Waals surface area contributed by atoms with Gasteiger partial charge in [0.1, 0.15) is 29.1 Å². The van der Waals surface area contributed by atoms with Crippen LogP contribution < -0.4 is 20.8 Å². The van der Waals surface area contributed by atoms with Crippen molar-refractivity contribution in [3.05, 3.63) is 39.7 Å². The Labute approximate surface area is 158 Å². The predicted octanol–water partition coefficient (Wildman–Crippen LogP) is 3.34. The number of nitrogens with one attached hydrogen (secondary N) is 1. The fraction of sp³-hybridized carbons (Fsp3) is 0.350. The lowest BCUT2D eigenvalue weighted by Gasteiger charge is -2.17. The molecule has 7 heteroatoms. The van der Waals surface area contributed by atoms with Gasteiger partial charge in [0.2, 0.25) is 0 Å². The normalized spacial score (nSPS) is 10.1. The summed E-state index contributed by atoms with van der Waals surface area (Å²) in [6.07, 6.45) is 4.12. The maximum Gasteiger partial charge on any atom is 0.268 e. The fourth-order valence-corrected chi connectivity index (χ4v) is 2.84. The summed E-state index contributed by atoms with van der Waals surface area (Å²) >= 11 is 0. The number of ether oxygens (including phenoxy) is 2. The minimum Gasteiger partial charge on any atom is -0.493 e. The molecular weight excluding hydrogens is 344 g/mol. The van der Waals surface area contributed by atoms with Gasteiger partial charge in [-0.05, 0) is 12.5 Å². The summed E-state index contributed by atoms with van der Waals surface area (Å²) in [6, 6.07) is 8.94. The van der Waals surface area contributed by atoms with E-state index in [4.69, 9.17) is 15.2 Å². The van der Waals surface area contributed by atoms with Crippen molar-refractivity contribution < 1.29 is 9.47 Å². The maximum atomic E-state index is 12.2. The van der Waals surface area contributed by atoms with Crippen molar-refractivity contribution in [1.29, 1.82) is 10.5 Å². The van der Waals surface area contributed by atoms with Crippen molar-refractivity contribution in [2.45, 2.75) is 32.6 Å². The van der Waals surface area contributed by atoms with E-state index < -0.39 is 5.56 Å². The van der Waals surface area contributed by atoms with Gasteiger partial charge in [-0.25, -0.2) is 0 Å². The molecule has 27 heavy (non-hydrogen) atoms. The van der Waals surface area contributed by atoms with Gasteiger partial charge in [0.05, 0.1) is 13.7 Å². The summed E-state index contributed by atoms with van der Waals surface area (Å²) in [7, 11) is 1.51. The number of hydrogen-bond acceptors (Lipinski definition) is 6. The van der Waals surface area contributed by atoms with Crippen LogP contribution in [0.5, 0.6) is 11.5 Å². The molecule has 1 heterocycles. The van der Waals surface area contributed by atoms with Crippen molar-refractivity contribution in [2.24, 2.45) is 0 Å². The number of methoxy groups -OCH3 is 1. The molecule has 0 spiro atoms. The number of nitrogen functional groups attached to an aromatic ring is 1. The lowest BCUT2D eigenvalue weighted by Crippen LogP contribution is -2.16. The number of aromatic amines is 1. The van der Waals surface area contributed by atoms with Gasteiger partial charge < -0.3 is 20.2 Å². The van der Waals surface area contributed by atoms with Crippen LogP contribution in [0.15, 0.2) is 23.0 Å². The van der Waals surface area contributed by atoms with E-state index in [1.165, 1.54) is 7.11 Å². The topological polar surface area (TPSA) is 125 Å². The Hall–Kier alpha value is -3.45. The predicted molar refractivity (Wildman–Crippen MR) is 103 cm³/mol. The van der Waals surface area contributed by atoms with E-state index in [0.717, 1.165) is 25.7 Å². The third-order valence-corrected chi connectivity index (χ3v) is 4.18. The van der Waals surface area contributed by atoms with E-state index in [0.29, 0.717) is 23.7 Å². The molecule has 0 aliphatic carbocycles. The monoisotopic (exact) mass is 366 g/mol. The van der Waals surface area contributed by atoms with E-state index in [9.17, 15) is 15.3 Å². The number of unbranched alkanes of at least 4 members (excludes halogenated alkanes) is 3. The van der Waals surface area contributed by atoms with Crippen molar-refractivity contribution >= 4 is 5.82 Å². The number of nitrogens with zero attached hydrogens (tertiary/aromatic N) is 2. The summed E-state index contributed by atoms with van der Waals surface area (Å²) in [6.45, 7) is 2.58. The Morgan fingerprint density at radius 3 is 2.52 bits per heavy atom. The van der Waals surface area contributed by atoms with Gasteiger partial charge in [-0.3, -0.25) is 4.79 Å². The molecular formula is C20H22N4O3. The van der Waals surface area contributed by atoms with Gasteiger partial charge in [-0.15, -0.1) is 0 Å². The van der Waals surface area contributed by atoms with Crippen LogP contribution in [0.25, 0.3) is 11.1 Å². The number of nitriles is 2. The van der Waals surface area contributed by atoms with Crippen molar-refractivity contribution in [3.8, 4) is 34.8 Å². The first-order chi connectivity index (χ1) is 13.1. The molecule has 2 aromatic rings. The molecule has 7 nitrogen and oxygen atoms in total. The van der Waals surface area contributed by atoms with Crippen molar-refractivity contribution in [3.63, 3.8) is 0 Å². The average Bonchev–Trinajstić information content (AvgIpc) is 2.67. The molecule has 0 unspecified atom stereocenters. The van der Waals surface area contributed by atoms with Gasteiger partial charge in [-0.1, -0.05) is 38.3 Å². The number of para-hydroxylation sites is 1. The van der Waals surface area contributed by atoms with Gasteiger partial charge in [0, 0.05) is 11.1 Å². The second-order valence-electron chi connectivity index (χ2n) is 5.96. The standard InChI is InChI=1S/C20H22N4O3/c1-3-4-5-6-10-27-18-13(8-7-9-16(18)26-2)17-14(11-21)19(23)24-20(25)15(17)12-22/h7-9H,3-6,10H2,1-2H3,(H3,23,24,25). The summed E-state index contributed by atoms with van der Waals surface area (Å²) in [5.41, 5.74) is 5.57. The SMILES string of the molecule is CCCCCCOc1c(OC)cccc1-c1c(C#N)c(N)[nH]c(=O)c1C#N. The molecule has 0 radical (unpaired) electrons. The number of hydrogen-bond donors (Lipinski definition) is 2. The number of benzene rings is 1. The number of aromatic nitrogens is 1. The maximum absolute atomic E-state index is 12.2. The molecule has 0 aliphatic heterocycles. The Kier molecular flexibility index (Phi) is 6.85. The van der Waals surface area contributed by atoms with E-state index in [1.807, 2.05) is 12.1 Å². The van der Waals surface area contributed by atoms with Crippen molar-refractivity contribution in [2.75, 3.05) is 19.5 Å². The summed E-state index contributed by atoms with van der Waals surface area (Å²) in [5.74, 6) is 0.748. The Morgan fingerprint density at radius 1 is 1.15 bits per heavy atom. The molecule has 0 aliphatic rings. The van der Waals surface area contributed by atoms with Crippen LogP contribution in [-0.2, 0) is 0 Å². The molecule has 2 rings (SSSR count). The Bertz CT molecular complexity index is 951. The lowest BCUT2D eigenvalue weighted by molar-refractivity contribution is 0.286. The summed E-state index contributed by atoms with van der Waals surface area (Å²) in [5, 5.41) is 19.0. The second kappa shape index (κ2) is 9.30. The number of rotatable bonds is 8. The van der Waals surface area contributed by atoms with E-state index >= 15 is 0 Å². The van der Waals surface area contributed by atoms with Crippen LogP contribution in [0.1, 0.15) is 43.7 Å². The molecule has 3 N–H and O–H groups in total. The summed E-state index contributed by atoms with van der Waals surface area (Å²) < 4.78 is 11.3. The van der Waals surface area contributed by atoms with Crippen LogP contribution in [-0.4, -0.2) is 18.7 Å². The number of anilines is 1. The molecule has 1 aromatic carbocycles. The zero-order valence-corrected chi connectivity index (χ0v) is 15.5. The Morgan fingerprint density at radius 2 is 1.89 bits per heavy atom. The van der Waals surface area contributed by atoms with Gasteiger partial charge in [0.25, 0.3) is 5.56 Å². The molecule has 0 saturated carbocycles. The van der Waals surface area contributed by atoms with Gasteiger partial charge in [-0.2, -0.15) is 10.5 Å². The van der Waals surface area contributed by atoms with Crippen LogP contribution in [0.4, 0.5) is 5.82 Å². The quantitative estimate of drug-likeness (QED) is 0.690. The molecule has 0 amide bonds. The van der Waals surface area contributed by atoms with E-state index in [2.05, 4.69) is 11.9 Å². The van der Waals surface area contributed by atoms with E-state index in [-0.39, 0.29) is 22.5 Å². The highest BCUT2D eigenvalue weighted by molar-refractivity contribution is 5.84. The van der Waals surface area contributed by atoms with Gasteiger partial charge >= 0.3 is 0 Å². The highest BCUT2D eigenvalue weighted by Gasteiger charge is 2.23. The molecule has 0 fully saturated rings. The number of pyridine rings is 1. The second-order valence-corrected chi connectivity index (χ2v) is 5.96. The first-order valence-electron chi connectivity index (χ1n) is 8.75. The highest BCUT2D eigenvalue weighted by atomic mass is 16.5. The Balaban J connectivity index is 2.62. The zero-order valence-electron chi connectivity index (χ0n) is 15.5. The van der Waals surface area contributed by atoms with Crippen molar-refractivity contribution in [1.82, 2.24) is 4.98 Å². The first kappa shape index (κ1) is 19.9. The molecule has 140 valence electrons. The smallest absolute Gasteiger partial charge is 0.268 e. The number of nitrogens with two attached hydrogens (primary N) is 1. The largest absolute Gasteiger partial charge is 0.493 e. The molecule has 0 atom stereocenters. The third-order valence-electron chi connectivity index (χ3n) is 4.18. The molecule has 0 saturated heterocycles. The van der Waals surface area contributed by atoms with Crippen LogP contribution in [0.3, 0.4) is 0 Å². The lowest BCUT2D eigenvalue weighted by atomic mass is 9.95. The zero-order chi connectivity index (χ0) is 19.8. The fourth-order valence-electron chi connectivity index (χ4n) is 2.84. The molecule has 1 aromatic heterocycles. The highest BCUT2D eigenvalue weighted by Crippen LogP contribution is 2.41.